The van der Waals surface area contributed by atoms with Crippen molar-refractivity contribution >= 4 is 0 Å². The summed E-state index contributed by atoms with van der Waals surface area (Å²) < 4.78 is 13.1. The third-order valence-electron chi connectivity index (χ3n) is 4.21. The summed E-state index contributed by atoms with van der Waals surface area (Å²) in [6.45, 7) is 7.51. The maximum absolute atomic E-state index is 13.1. The van der Waals surface area contributed by atoms with E-state index in [0.29, 0.717) is 6.04 Å². The van der Waals surface area contributed by atoms with E-state index < -0.39 is 0 Å². The van der Waals surface area contributed by atoms with E-state index in [-0.39, 0.29) is 5.82 Å². The van der Waals surface area contributed by atoms with Crippen LogP contribution in [0.2, 0.25) is 0 Å². The quantitative estimate of drug-likeness (QED) is 0.810. The Morgan fingerprint density at radius 1 is 1.39 bits per heavy atom. The predicted molar refractivity (Wildman–Crippen MR) is 74.2 cm³/mol. The van der Waals surface area contributed by atoms with Crippen LogP contribution in [0.15, 0.2) is 18.2 Å². The third kappa shape index (κ3) is 3.32. The van der Waals surface area contributed by atoms with Gasteiger partial charge in [0.2, 0.25) is 0 Å². The third-order valence-corrected chi connectivity index (χ3v) is 4.21. The van der Waals surface area contributed by atoms with Crippen molar-refractivity contribution in [2.75, 3.05) is 6.54 Å². The fourth-order valence-corrected chi connectivity index (χ4v) is 2.78. The van der Waals surface area contributed by atoms with Crippen LogP contribution in [0, 0.1) is 24.6 Å². The van der Waals surface area contributed by atoms with Crippen LogP contribution in [0.25, 0.3) is 0 Å². The van der Waals surface area contributed by atoms with Gasteiger partial charge in [0.25, 0.3) is 0 Å². The van der Waals surface area contributed by atoms with E-state index in [1.54, 1.807) is 12.1 Å². The van der Waals surface area contributed by atoms with E-state index in [1.165, 1.54) is 18.4 Å². The number of rotatable bonds is 6. The highest BCUT2D eigenvalue weighted by Gasteiger charge is 2.33. The topological polar surface area (TPSA) is 12.0 Å². The van der Waals surface area contributed by atoms with Gasteiger partial charge in [0.05, 0.1) is 0 Å². The molecule has 0 spiro atoms. The largest absolute Gasteiger partial charge is 0.314 e. The zero-order chi connectivity index (χ0) is 13.1. The van der Waals surface area contributed by atoms with Gasteiger partial charge in [-0.1, -0.05) is 19.9 Å². The van der Waals surface area contributed by atoms with Gasteiger partial charge < -0.3 is 5.32 Å². The highest BCUT2D eigenvalue weighted by atomic mass is 19.1. The van der Waals surface area contributed by atoms with Crippen molar-refractivity contribution in [3.8, 4) is 0 Å². The Balaban J connectivity index is 2.07. The Kier molecular flexibility index (Phi) is 4.39. The second-order valence-electron chi connectivity index (χ2n) is 5.64. The fraction of sp³-hybridized carbons (Fsp3) is 0.625. The van der Waals surface area contributed by atoms with Crippen molar-refractivity contribution in [1.82, 2.24) is 5.32 Å². The first-order chi connectivity index (χ1) is 8.61. The normalized spacial score (nSPS) is 18.7. The molecule has 0 radical (unpaired) electrons. The molecular formula is C16H24FN. The van der Waals surface area contributed by atoms with Crippen LogP contribution < -0.4 is 5.32 Å². The van der Waals surface area contributed by atoms with E-state index in [4.69, 9.17) is 0 Å². The summed E-state index contributed by atoms with van der Waals surface area (Å²) in [5.41, 5.74) is 2.34. The molecule has 1 saturated carbocycles. The Hall–Kier alpha value is -0.890. The fourth-order valence-electron chi connectivity index (χ4n) is 2.78. The molecule has 0 aliphatic heterocycles. The summed E-state index contributed by atoms with van der Waals surface area (Å²) in [7, 11) is 0. The second kappa shape index (κ2) is 5.83. The molecule has 0 aromatic heterocycles. The molecule has 1 N–H and O–H groups in total. The molecule has 0 amide bonds. The van der Waals surface area contributed by atoms with Crippen LogP contribution in [0.4, 0.5) is 4.39 Å². The molecule has 100 valence electrons. The lowest BCUT2D eigenvalue weighted by atomic mass is 9.89. The van der Waals surface area contributed by atoms with Gasteiger partial charge in [-0.25, -0.2) is 4.39 Å². The van der Waals surface area contributed by atoms with Crippen LogP contribution in [-0.2, 0) is 6.42 Å². The van der Waals surface area contributed by atoms with Crippen molar-refractivity contribution in [3.63, 3.8) is 0 Å². The van der Waals surface area contributed by atoms with Gasteiger partial charge in [-0.15, -0.1) is 0 Å². The summed E-state index contributed by atoms with van der Waals surface area (Å²) in [5.74, 6) is 1.48. The second-order valence-corrected chi connectivity index (χ2v) is 5.64. The highest BCUT2D eigenvalue weighted by Crippen LogP contribution is 2.39. The Bertz CT molecular complexity index is 398. The lowest BCUT2D eigenvalue weighted by Gasteiger charge is -2.25. The van der Waals surface area contributed by atoms with Crippen LogP contribution in [-0.4, -0.2) is 12.6 Å². The summed E-state index contributed by atoms with van der Waals surface area (Å²) in [5, 5.41) is 3.60. The minimum atomic E-state index is -0.133. The van der Waals surface area contributed by atoms with Gasteiger partial charge in [-0.2, -0.15) is 0 Å². The number of hydrogen-bond donors (Lipinski definition) is 1. The molecule has 2 rings (SSSR count). The van der Waals surface area contributed by atoms with Crippen LogP contribution in [0.5, 0.6) is 0 Å². The monoisotopic (exact) mass is 249 g/mol. The van der Waals surface area contributed by atoms with E-state index in [0.717, 1.165) is 30.4 Å². The number of likely N-dealkylation sites (N-methyl/N-ethyl adjacent to an activating group) is 1. The maximum Gasteiger partial charge on any atom is 0.123 e. The van der Waals surface area contributed by atoms with E-state index in [1.807, 2.05) is 13.0 Å². The first kappa shape index (κ1) is 13.5. The summed E-state index contributed by atoms with van der Waals surface area (Å²) >= 11 is 0. The average Bonchev–Trinajstić information content (AvgIpc) is 3.15. The van der Waals surface area contributed by atoms with Crippen molar-refractivity contribution in [1.29, 1.82) is 0 Å². The molecule has 1 aliphatic rings. The lowest BCUT2D eigenvalue weighted by Crippen LogP contribution is -2.37. The molecule has 2 unspecified atom stereocenters. The zero-order valence-corrected chi connectivity index (χ0v) is 11.7. The minimum absolute atomic E-state index is 0.133. The van der Waals surface area contributed by atoms with E-state index in [2.05, 4.69) is 19.2 Å². The molecule has 0 bridgehead atoms. The van der Waals surface area contributed by atoms with Gasteiger partial charge in [0.1, 0.15) is 5.82 Å². The molecule has 0 heterocycles. The number of halogens is 1. The summed E-state index contributed by atoms with van der Waals surface area (Å²) in [6.07, 6.45) is 3.77. The number of nitrogens with one attached hydrogen (secondary N) is 1. The van der Waals surface area contributed by atoms with Crippen LogP contribution >= 0.6 is 0 Å². The van der Waals surface area contributed by atoms with Gasteiger partial charge >= 0.3 is 0 Å². The van der Waals surface area contributed by atoms with Crippen molar-refractivity contribution in [2.45, 2.75) is 46.1 Å². The standard InChI is InChI=1S/C16H24FN/c1-4-18-16(12(3)13-5-6-13)10-14-7-8-15(17)9-11(14)2/h7-9,12-13,16,18H,4-6,10H2,1-3H3. The number of aryl methyl sites for hydroxylation is 1. The Morgan fingerprint density at radius 2 is 2.11 bits per heavy atom. The first-order valence-corrected chi connectivity index (χ1v) is 7.10. The molecule has 18 heavy (non-hydrogen) atoms. The van der Waals surface area contributed by atoms with Crippen LogP contribution in [0.3, 0.4) is 0 Å². The van der Waals surface area contributed by atoms with E-state index in [9.17, 15) is 4.39 Å². The summed E-state index contributed by atoms with van der Waals surface area (Å²) in [6, 6.07) is 5.67. The molecule has 1 nitrogen and oxygen atoms in total. The minimum Gasteiger partial charge on any atom is -0.314 e. The molecule has 2 atom stereocenters. The van der Waals surface area contributed by atoms with Gasteiger partial charge in [0, 0.05) is 6.04 Å². The molecule has 1 fully saturated rings. The molecule has 1 aromatic carbocycles. The predicted octanol–water partition coefficient (Wildman–Crippen LogP) is 3.70. The van der Waals surface area contributed by atoms with Crippen molar-refractivity contribution in [3.05, 3.63) is 35.1 Å². The SMILES string of the molecule is CCNC(Cc1ccc(F)cc1C)C(C)C1CC1. The summed E-state index contributed by atoms with van der Waals surface area (Å²) in [4.78, 5) is 0. The van der Waals surface area contributed by atoms with Gasteiger partial charge in [-0.05, 0) is 67.8 Å². The maximum atomic E-state index is 13.1. The lowest BCUT2D eigenvalue weighted by molar-refractivity contribution is 0.344. The molecule has 0 saturated heterocycles. The zero-order valence-electron chi connectivity index (χ0n) is 11.7. The number of hydrogen-bond acceptors (Lipinski definition) is 1. The van der Waals surface area contributed by atoms with Crippen molar-refractivity contribution < 1.29 is 4.39 Å². The average molecular weight is 249 g/mol. The Morgan fingerprint density at radius 3 is 2.67 bits per heavy atom. The molecule has 1 aliphatic carbocycles. The molecular weight excluding hydrogens is 225 g/mol. The molecule has 1 aromatic rings. The van der Waals surface area contributed by atoms with Crippen molar-refractivity contribution in [2.24, 2.45) is 11.8 Å². The Labute approximate surface area is 110 Å². The van der Waals surface area contributed by atoms with Gasteiger partial charge in [-0.3, -0.25) is 0 Å². The highest BCUT2D eigenvalue weighted by molar-refractivity contribution is 5.27. The first-order valence-electron chi connectivity index (χ1n) is 7.10. The number of benzene rings is 1. The smallest absolute Gasteiger partial charge is 0.123 e. The van der Waals surface area contributed by atoms with Crippen LogP contribution in [0.1, 0.15) is 37.8 Å². The van der Waals surface area contributed by atoms with Gasteiger partial charge in [0.15, 0.2) is 0 Å². The molecule has 2 heteroatoms. The van der Waals surface area contributed by atoms with E-state index >= 15 is 0 Å².